The van der Waals surface area contributed by atoms with Crippen molar-refractivity contribution < 1.29 is 38.1 Å². The minimum absolute atomic E-state index is 0.349. The summed E-state index contributed by atoms with van der Waals surface area (Å²) in [4.78, 5) is 36.5. The molecule has 2 saturated heterocycles. The predicted octanol–water partition coefficient (Wildman–Crippen LogP) is 0.972. The summed E-state index contributed by atoms with van der Waals surface area (Å²) >= 11 is 17.4. The van der Waals surface area contributed by atoms with E-state index in [1.807, 2.05) is 5.43 Å². The van der Waals surface area contributed by atoms with Crippen molar-refractivity contribution in [1.29, 1.82) is 0 Å². The Morgan fingerprint density at radius 2 is 1.77 bits per heavy atom. The Hall–Kier alpha value is -2.28. The van der Waals surface area contributed by atoms with E-state index in [2.05, 4.69) is 5.10 Å². The van der Waals surface area contributed by atoms with Gasteiger partial charge < -0.3 is 20.2 Å². The van der Waals surface area contributed by atoms with Gasteiger partial charge in [0.25, 0.3) is 5.91 Å². The zero-order chi connectivity index (χ0) is 22.8. The number of nitrogens with one attached hydrogen (secondary N) is 1. The van der Waals surface area contributed by atoms with Gasteiger partial charge in [0.1, 0.15) is 20.2 Å². The average Bonchev–Trinajstić information content (AvgIpc) is 2.79. The van der Waals surface area contributed by atoms with Crippen LogP contribution < -0.4 is 5.43 Å². The molecule has 0 aliphatic carbocycles. The number of rotatable bonds is 4. The molecule has 2 amide bonds. The maximum absolute atomic E-state index is 12.7. The monoisotopic (exact) mass is 499 g/mol. The van der Waals surface area contributed by atoms with Gasteiger partial charge in [0, 0.05) is 6.21 Å². The topological polar surface area (TPSA) is 174 Å². The molecule has 2 fully saturated rings. The Kier molecular flexibility index (Phi) is 5.34. The van der Waals surface area contributed by atoms with Gasteiger partial charge in [-0.25, -0.2) is 18.6 Å². The zero-order valence-corrected chi connectivity index (χ0v) is 17.8. The number of aromatic hydroxyl groups is 2. The standard InChI is InChI=1S/C15H12Cl3N3O8S/c1-15(12(14(26)27)21-4(22)2-5(21)30(15,28)29)3-19-20-13(25)6-7(16)9(18)11(24)10(23)8(6)17/h3,5,12,23-24H,2H2,1H3,(H,20,25)(H,26,27)/b19-3+/t5-,12+,15+/m1/s1. The number of benzene rings is 1. The Morgan fingerprint density at radius 1 is 1.20 bits per heavy atom. The maximum atomic E-state index is 12.7. The number of carbonyl (C=O) groups is 3. The second-order valence-corrected chi connectivity index (χ2v) is 10.3. The molecule has 0 spiro atoms. The third-order valence-electron chi connectivity index (χ3n) is 4.96. The van der Waals surface area contributed by atoms with Crippen LogP contribution in [0, 0.1) is 0 Å². The molecule has 2 aliphatic rings. The van der Waals surface area contributed by atoms with Gasteiger partial charge in [-0.05, 0) is 6.92 Å². The molecular formula is C15H12Cl3N3O8S. The van der Waals surface area contributed by atoms with E-state index in [1.54, 1.807) is 0 Å². The number of β-lactam (4-membered cyclic amide) rings is 1. The van der Waals surface area contributed by atoms with Crippen molar-refractivity contribution in [3.05, 3.63) is 20.6 Å². The maximum Gasteiger partial charge on any atom is 0.328 e. The Bertz CT molecular complexity index is 1110. The number of sulfone groups is 1. The molecule has 3 rings (SSSR count). The third kappa shape index (κ3) is 2.89. The van der Waals surface area contributed by atoms with Gasteiger partial charge in [-0.3, -0.25) is 9.59 Å². The van der Waals surface area contributed by atoms with Crippen LogP contribution in [0.1, 0.15) is 23.7 Å². The second-order valence-electron chi connectivity index (χ2n) is 6.64. The van der Waals surface area contributed by atoms with Gasteiger partial charge >= 0.3 is 5.97 Å². The van der Waals surface area contributed by atoms with E-state index in [0.717, 1.165) is 11.8 Å². The van der Waals surface area contributed by atoms with Crippen LogP contribution in [0.2, 0.25) is 15.1 Å². The quantitative estimate of drug-likeness (QED) is 0.155. The molecule has 1 aromatic carbocycles. The predicted molar refractivity (Wildman–Crippen MR) is 105 cm³/mol. The van der Waals surface area contributed by atoms with Crippen molar-refractivity contribution in [3.63, 3.8) is 0 Å². The first-order chi connectivity index (χ1) is 13.8. The Morgan fingerprint density at radius 3 is 2.30 bits per heavy atom. The van der Waals surface area contributed by atoms with E-state index < -0.39 is 75.9 Å². The summed E-state index contributed by atoms with van der Waals surface area (Å²) in [6, 6.07) is -1.74. The van der Waals surface area contributed by atoms with Gasteiger partial charge in [-0.2, -0.15) is 5.10 Å². The summed E-state index contributed by atoms with van der Waals surface area (Å²) in [5.41, 5.74) is 1.35. The summed E-state index contributed by atoms with van der Waals surface area (Å²) in [7, 11) is -4.18. The van der Waals surface area contributed by atoms with Crippen molar-refractivity contribution in [2.24, 2.45) is 5.10 Å². The number of hydrogen-bond acceptors (Lipinski definition) is 8. The lowest BCUT2D eigenvalue weighted by Gasteiger charge is -2.35. The Balaban J connectivity index is 1.94. The number of amides is 2. The normalized spacial score (nSPS) is 27.1. The van der Waals surface area contributed by atoms with Crippen LogP contribution in [0.3, 0.4) is 0 Å². The van der Waals surface area contributed by atoms with E-state index >= 15 is 0 Å². The van der Waals surface area contributed by atoms with Crippen LogP contribution in [0.25, 0.3) is 0 Å². The van der Waals surface area contributed by atoms with Crippen LogP contribution in [-0.4, -0.2) is 68.8 Å². The number of phenols is 2. The lowest BCUT2D eigenvalue weighted by Crippen LogP contribution is -2.57. The molecule has 2 heterocycles. The summed E-state index contributed by atoms with van der Waals surface area (Å²) in [5, 5.41) is 29.2. The van der Waals surface area contributed by atoms with Crippen LogP contribution in [0.5, 0.6) is 11.5 Å². The fourth-order valence-corrected chi connectivity index (χ4v) is 6.30. The summed E-state index contributed by atoms with van der Waals surface area (Å²) < 4.78 is 23.3. The first kappa shape index (κ1) is 22.4. The van der Waals surface area contributed by atoms with Crippen molar-refractivity contribution in [2.75, 3.05) is 0 Å². The molecule has 11 nitrogen and oxygen atoms in total. The largest absolute Gasteiger partial charge is 0.503 e. The molecule has 2 aliphatic heterocycles. The molecule has 15 heteroatoms. The van der Waals surface area contributed by atoms with E-state index in [0.29, 0.717) is 6.21 Å². The van der Waals surface area contributed by atoms with Crippen LogP contribution in [0.4, 0.5) is 0 Å². The fourth-order valence-electron chi connectivity index (χ4n) is 3.31. The minimum Gasteiger partial charge on any atom is -0.503 e. The van der Waals surface area contributed by atoms with Gasteiger partial charge in [0.15, 0.2) is 27.4 Å². The molecule has 30 heavy (non-hydrogen) atoms. The average molecular weight is 501 g/mol. The molecule has 162 valence electrons. The number of hydrazone groups is 1. The second kappa shape index (κ2) is 7.15. The van der Waals surface area contributed by atoms with Crippen molar-refractivity contribution in [1.82, 2.24) is 10.3 Å². The van der Waals surface area contributed by atoms with Crippen molar-refractivity contribution in [2.45, 2.75) is 29.5 Å². The first-order valence-corrected chi connectivity index (χ1v) is 10.7. The van der Waals surface area contributed by atoms with Gasteiger partial charge in [0.05, 0.1) is 17.0 Å². The van der Waals surface area contributed by atoms with E-state index in [-0.39, 0.29) is 6.42 Å². The lowest BCUT2D eigenvalue weighted by atomic mass is 9.97. The number of nitrogens with zero attached hydrogens (tertiary/aromatic N) is 2. The first-order valence-electron chi connectivity index (χ1n) is 7.97. The van der Waals surface area contributed by atoms with E-state index in [4.69, 9.17) is 34.8 Å². The number of carboxylic acids is 1. The molecule has 0 bridgehead atoms. The minimum atomic E-state index is -4.18. The third-order valence-corrected chi connectivity index (χ3v) is 8.84. The summed E-state index contributed by atoms with van der Waals surface area (Å²) in [6.45, 7) is 1.06. The van der Waals surface area contributed by atoms with E-state index in [9.17, 15) is 38.1 Å². The SMILES string of the molecule is C[C@]1(/C=N/NC(=O)c2c(Cl)c(O)c(O)c(Cl)c2Cl)[C@H](C(=O)O)N2C(=O)C[C@H]2S1(=O)=O. The number of fused-ring (bicyclic) bond motifs is 1. The van der Waals surface area contributed by atoms with Crippen LogP contribution in [0.15, 0.2) is 5.10 Å². The highest BCUT2D eigenvalue weighted by Crippen LogP contribution is 2.47. The lowest BCUT2D eigenvalue weighted by molar-refractivity contribution is -0.156. The molecule has 4 N–H and O–H groups in total. The highest BCUT2D eigenvalue weighted by Gasteiger charge is 2.69. The van der Waals surface area contributed by atoms with Crippen LogP contribution in [-0.2, 0) is 19.4 Å². The number of halogens is 3. The van der Waals surface area contributed by atoms with Crippen molar-refractivity contribution in [3.8, 4) is 11.5 Å². The molecular weight excluding hydrogens is 489 g/mol. The van der Waals surface area contributed by atoms with E-state index in [1.165, 1.54) is 0 Å². The molecule has 0 saturated carbocycles. The number of aliphatic carboxylic acids is 1. The molecule has 0 radical (unpaired) electrons. The highest BCUT2D eigenvalue weighted by molar-refractivity contribution is 7.94. The van der Waals surface area contributed by atoms with Gasteiger partial charge in [-0.15, -0.1) is 0 Å². The highest BCUT2D eigenvalue weighted by atomic mass is 35.5. The van der Waals surface area contributed by atoms with Crippen LogP contribution >= 0.6 is 34.8 Å². The number of hydrogen-bond donors (Lipinski definition) is 4. The number of carbonyl (C=O) groups excluding carboxylic acids is 2. The Labute approximate surface area is 183 Å². The molecule has 1 aromatic rings. The molecule has 0 unspecified atom stereocenters. The van der Waals surface area contributed by atoms with Gasteiger partial charge in [0.2, 0.25) is 5.91 Å². The smallest absolute Gasteiger partial charge is 0.328 e. The molecule has 3 atom stereocenters. The number of carboxylic acid groups (broad SMARTS) is 1. The molecule has 0 aromatic heterocycles. The zero-order valence-electron chi connectivity index (χ0n) is 14.8. The summed E-state index contributed by atoms with van der Waals surface area (Å²) in [6.07, 6.45) is 0.340. The fraction of sp³-hybridized carbons (Fsp3) is 0.333. The number of phenolic OH excluding ortho intramolecular Hbond substituents is 2. The van der Waals surface area contributed by atoms with Crippen molar-refractivity contribution >= 4 is 68.6 Å². The van der Waals surface area contributed by atoms with Gasteiger partial charge in [-0.1, -0.05) is 34.8 Å². The summed E-state index contributed by atoms with van der Waals surface area (Å²) in [5.74, 6) is -5.10.